The van der Waals surface area contributed by atoms with Gasteiger partial charge in [-0.05, 0) is 51.4 Å². The van der Waals surface area contributed by atoms with E-state index in [9.17, 15) is 74.6 Å². The number of hydrogen-bond acceptors (Lipinski definition) is 24. The van der Waals surface area contributed by atoms with Gasteiger partial charge < -0.3 is 88.7 Å². The number of phosphoric acid groups is 1. The quantitative estimate of drug-likeness (QED) is 0.00889. The van der Waals surface area contributed by atoms with Crippen molar-refractivity contribution in [2.75, 3.05) is 26.4 Å². The van der Waals surface area contributed by atoms with E-state index < -0.39 is 162 Å². The largest absolute Gasteiger partial charge is 0.472 e. The number of aliphatic hydroxyl groups is 9. The first-order chi connectivity index (χ1) is 57.2. The van der Waals surface area contributed by atoms with Gasteiger partial charge in [0.05, 0.1) is 13.2 Å². The Labute approximate surface area is 712 Å². The fraction of sp³-hybridized carbons (Fsp3) is 0.935. The Morgan fingerprint density at radius 2 is 0.636 bits per heavy atom. The highest BCUT2D eigenvalue weighted by Gasteiger charge is 2.60. The molecule has 0 aromatic rings. The molecule has 2 saturated heterocycles. The van der Waals surface area contributed by atoms with Gasteiger partial charge in [-0.1, -0.05) is 354 Å². The zero-order valence-corrected chi connectivity index (χ0v) is 74.9. The number of carbonyl (C=O) groups excluding carboxylic acids is 4. The van der Waals surface area contributed by atoms with Gasteiger partial charge in [-0.2, -0.15) is 0 Å². The van der Waals surface area contributed by atoms with Gasteiger partial charge in [-0.15, -0.1) is 0 Å². The maximum absolute atomic E-state index is 14.9. The van der Waals surface area contributed by atoms with Crippen LogP contribution in [0.2, 0.25) is 0 Å². The Bertz CT molecular complexity index is 2500. The van der Waals surface area contributed by atoms with E-state index in [1.807, 2.05) is 0 Å². The molecule has 10 N–H and O–H groups in total. The number of allylic oxidation sites excluding steroid dienone is 2. The molecule has 118 heavy (non-hydrogen) atoms. The Morgan fingerprint density at radius 3 is 1.02 bits per heavy atom. The van der Waals surface area contributed by atoms with Gasteiger partial charge in [0.25, 0.3) is 0 Å². The van der Waals surface area contributed by atoms with E-state index in [0.717, 1.165) is 122 Å². The average Bonchev–Trinajstić information content (AvgIpc) is 0.754. The summed E-state index contributed by atoms with van der Waals surface area (Å²) in [5, 5.41) is 102. The summed E-state index contributed by atoms with van der Waals surface area (Å²) in [6, 6.07) is 0. The van der Waals surface area contributed by atoms with Crippen molar-refractivity contribution in [1.29, 1.82) is 0 Å². The third-order valence-corrected chi connectivity index (χ3v) is 24.5. The number of rotatable bonds is 78. The first-order valence-corrected chi connectivity index (χ1v) is 49.4. The molecule has 18 unspecified atom stereocenters. The lowest BCUT2D eigenvalue weighted by atomic mass is 9.84. The highest BCUT2D eigenvalue weighted by atomic mass is 31.2. The molecule has 18 atom stereocenters. The van der Waals surface area contributed by atoms with Gasteiger partial charge in [0, 0.05) is 25.7 Å². The van der Waals surface area contributed by atoms with Gasteiger partial charge in [0.2, 0.25) is 0 Å². The molecule has 3 rings (SSSR count). The zero-order valence-electron chi connectivity index (χ0n) is 74.0. The number of unbranched alkanes of at least 4 members (excludes halogenated alkanes) is 52. The molecule has 25 nitrogen and oxygen atoms in total. The maximum Gasteiger partial charge on any atom is 0.472 e. The SMILES string of the molecule is CCCCCCCC/C=C\CCCCCC(=O)OCC1OC(OC2C(OC(=O)CCCCCCCCCCCCCCCCCC)C(O)C(O)C(OC3OC(CO)C(O)C(O)C3O)C2OP(=O)(O)OCC(COC(=O)CCCCCCCCCCCCCCCCC)OC(=O)CCCCCCCCCCCCCCCCC)C(O)C(O)C1O. The predicted molar refractivity (Wildman–Crippen MR) is 458 cm³/mol. The summed E-state index contributed by atoms with van der Waals surface area (Å²) in [6.07, 6.45) is 30.5. The Balaban J connectivity index is 1.91. The second-order valence-electron chi connectivity index (χ2n) is 34.2. The van der Waals surface area contributed by atoms with Gasteiger partial charge in [0.1, 0.15) is 92.6 Å². The number of aliphatic hydroxyl groups excluding tert-OH is 9. The zero-order chi connectivity index (χ0) is 86.1. The van der Waals surface area contributed by atoms with Crippen molar-refractivity contribution < 1.29 is 122 Å². The van der Waals surface area contributed by atoms with Crippen molar-refractivity contribution in [3.63, 3.8) is 0 Å². The van der Waals surface area contributed by atoms with Crippen LogP contribution in [-0.4, -0.2) is 205 Å². The highest BCUT2D eigenvalue weighted by Crippen LogP contribution is 2.49. The summed E-state index contributed by atoms with van der Waals surface area (Å²) in [4.78, 5) is 66.5. The fourth-order valence-corrected chi connectivity index (χ4v) is 16.9. The maximum atomic E-state index is 14.9. The van der Waals surface area contributed by atoms with Crippen molar-refractivity contribution >= 4 is 31.7 Å². The minimum Gasteiger partial charge on any atom is -0.463 e. The predicted octanol–water partition coefficient (Wildman–Crippen LogP) is 17.9. The molecule has 0 bridgehead atoms. The van der Waals surface area contributed by atoms with Gasteiger partial charge in [0.15, 0.2) is 24.8 Å². The number of phosphoric ester groups is 1. The smallest absolute Gasteiger partial charge is 0.463 e. The van der Waals surface area contributed by atoms with Gasteiger partial charge in [-0.3, -0.25) is 28.2 Å². The van der Waals surface area contributed by atoms with Crippen LogP contribution in [0.4, 0.5) is 0 Å². The van der Waals surface area contributed by atoms with Gasteiger partial charge >= 0.3 is 31.7 Å². The monoisotopic (exact) mass is 1710 g/mol. The van der Waals surface area contributed by atoms with Crippen molar-refractivity contribution in [3.05, 3.63) is 12.2 Å². The molecule has 0 aromatic heterocycles. The topological polar surface area (TPSA) is 380 Å². The minimum absolute atomic E-state index is 0.00417. The summed E-state index contributed by atoms with van der Waals surface area (Å²) >= 11 is 0. The van der Waals surface area contributed by atoms with Crippen LogP contribution < -0.4 is 0 Å². The van der Waals surface area contributed by atoms with Crippen molar-refractivity contribution in [1.82, 2.24) is 0 Å². The van der Waals surface area contributed by atoms with E-state index in [-0.39, 0.29) is 25.7 Å². The first kappa shape index (κ1) is 109. The molecule has 2 heterocycles. The minimum atomic E-state index is -5.81. The van der Waals surface area contributed by atoms with Crippen molar-refractivity contribution in [2.24, 2.45) is 0 Å². The van der Waals surface area contributed by atoms with E-state index in [1.165, 1.54) is 205 Å². The van der Waals surface area contributed by atoms with Crippen LogP contribution in [0.1, 0.15) is 419 Å². The summed E-state index contributed by atoms with van der Waals surface area (Å²) < 4.78 is 73.5. The normalized spacial score (nSPS) is 24.9. The van der Waals surface area contributed by atoms with Crippen LogP contribution >= 0.6 is 7.82 Å². The molecule has 0 spiro atoms. The Morgan fingerprint density at radius 1 is 0.331 bits per heavy atom. The number of hydrogen-bond donors (Lipinski definition) is 10. The number of ether oxygens (including phenoxy) is 8. The average molecular weight is 1710 g/mol. The molecular weight excluding hydrogens is 1540 g/mol. The molecule has 694 valence electrons. The van der Waals surface area contributed by atoms with E-state index in [1.54, 1.807) is 0 Å². The van der Waals surface area contributed by atoms with Gasteiger partial charge in [-0.25, -0.2) is 4.57 Å². The second-order valence-corrected chi connectivity index (χ2v) is 35.6. The standard InChI is InChI=1S/C92H171O25P/c1-5-9-13-17-21-25-29-33-36-39-43-47-51-55-59-63-67-78(97)114-87-83(102)84(103)88(115-91-85(104)81(100)79(98)73(68-93)112-91)90(89(87)116-92-86(105)82(101)80(99)74(113-92)71-109-76(95)65-61-57-53-49-44-40-32-28-24-20-16-12-8-4)117-118(106,107)110-70-72(111-77(96)66-62-58-54-50-46-42-38-35-31-27-23-19-15-11-7-3)69-108-75(94)64-60-56-52-48-45-41-37-34-30-26-22-18-14-10-6-2/h40,44,72-74,79-93,98-105H,5-39,41-43,45-71H2,1-4H3,(H,106,107)/b44-40-. The van der Waals surface area contributed by atoms with Crippen molar-refractivity contribution in [3.8, 4) is 0 Å². The van der Waals surface area contributed by atoms with Crippen LogP contribution in [0, 0.1) is 0 Å². The molecule has 1 aliphatic carbocycles. The van der Waals surface area contributed by atoms with E-state index in [2.05, 4.69) is 39.8 Å². The van der Waals surface area contributed by atoms with Crippen LogP contribution in [0.25, 0.3) is 0 Å². The molecule has 2 aliphatic heterocycles. The van der Waals surface area contributed by atoms with Crippen LogP contribution in [0.3, 0.4) is 0 Å². The number of carbonyl (C=O) groups is 4. The third-order valence-electron chi connectivity index (χ3n) is 23.5. The second kappa shape index (κ2) is 71.4. The Hall–Kier alpha value is -2.79. The lowest BCUT2D eigenvalue weighted by molar-refractivity contribution is -0.360. The van der Waals surface area contributed by atoms with Crippen LogP contribution in [0.5, 0.6) is 0 Å². The molecule has 0 amide bonds. The third kappa shape index (κ3) is 51.0. The first-order valence-electron chi connectivity index (χ1n) is 47.9. The molecule has 1 saturated carbocycles. The molecule has 26 heteroatoms. The lowest BCUT2D eigenvalue weighted by Gasteiger charge is -2.50. The van der Waals surface area contributed by atoms with E-state index in [4.69, 9.17) is 46.9 Å². The molecule has 0 aromatic carbocycles. The van der Waals surface area contributed by atoms with E-state index >= 15 is 0 Å². The lowest BCUT2D eigenvalue weighted by Crippen LogP contribution is -2.70. The summed E-state index contributed by atoms with van der Waals surface area (Å²) in [5.74, 6) is -2.96. The number of esters is 4. The van der Waals surface area contributed by atoms with Crippen molar-refractivity contribution in [2.45, 2.75) is 524 Å². The summed E-state index contributed by atoms with van der Waals surface area (Å²) in [7, 11) is -5.81. The molecule has 3 fully saturated rings. The summed E-state index contributed by atoms with van der Waals surface area (Å²) in [6.45, 7) is 5.62. The highest BCUT2D eigenvalue weighted by molar-refractivity contribution is 7.47. The van der Waals surface area contributed by atoms with E-state index in [0.29, 0.717) is 38.5 Å². The fourth-order valence-electron chi connectivity index (χ4n) is 15.9. The summed E-state index contributed by atoms with van der Waals surface area (Å²) in [5.41, 5.74) is 0. The van der Waals surface area contributed by atoms with Crippen LogP contribution in [-0.2, 0) is 70.7 Å². The Kier molecular flexibility index (Phi) is 66.2. The van der Waals surface area contributed by atoms with Crippen LogP contribution in [0.15, 0.2) is 12.2 Å². The molecular formula is C92H171O25P. The molecule has 3 aliphatic rings. The molecule has 0 radical (unpaired) electrons.